The van der Waals surface area contributed by atoms with E-state index in [4.69, 9.17) is 0 Å². The van der Waals surface area contributed by atoms with Crippen LogP contribution in [0.1, 0.15) is 27.7 Å². The highest BCUT2D eigenvalue weighted by Crippen LogP contribution is 2.22. The first-order valence-electron chi connectivity index (χ1n) is 6.22. The number of hydrogen-bond acceptors (Lipinski definition) is 2. The van der Waals surface area contributed by atoms with Gasteiger partial charge in [0.1, 0.15) is 0 Å². The Morgan fingerprint density at radius 2 is 2.06 bits per heavy atom. The molecule has 0 amide bonds. The summed E-state index contributed by atoms with van der Waals surface area (Å²) in [6.45, 7) is 9.52. The summed E-state index contributed by atoms with van der Waals surface area (Å²) in [6.07, 6.45) is 0. The fraction of sp³-hybridized carbons (Fsp3) is 0.571. The molecule has 4 heteroatoms. The van der Waals surface area contributed by atoms with E-state index in [0.29, 0.717) is 5.75 Å². The molecule has 1 aromatic carbocycles. The summed E-state index contributed by atoms with van der Waals surface area (Å²) >= 11 is 3.42. The van der Waals surface area contributed by atoms with Crippen LogP contribution >= 0.6 is 15.9 Å². The second kappa shape index (κ2) is 6.83. The molecular formula is C14H22BrNOS. The zero-order valence-electron chi connectivity index (χ0n) is 11.5. The van der Waals surface area contributed by atoms with Crippen molar-refractivity contribution in [1.29, 1.82) is 0 Å². The first-order chi connectivity index (χ1) is 8.34. The van der Waals surface area contributed by atoms with Gasteiger partial charge in [0, 0.05) is 21.2 Å². The first kappa shape index (κ1) is 15.9. The van der Waals surface area contributed by atoms with E-state index in [-0.39, 0.29) is 11.5 Å². The maximum absolute atomic E-state index is 12.4. The lowest BCUT2D eigenvalue weighted by atomic mass is 9.88. The van der Waals surface area contributed by atoms with Crippen molar-refractivity contribution in [2.24, 2.45) is 5.41 Å². The topological polar surface area (TPSA) is 29.1 Å². The third-order valence-electron chi connectivity index (χ3n) is 2.87. The van der Waals surface area contributed by atoms with Gasteiger partial charge < -0.3 is 5.32 Å². The number of benzene rings is 1. The van der Waals surface area contributed by atoms with E-state index in [1.54, 1.807) is 0 Å². The molecule has 18 heavy (non-hydrogen) atoms. The van der Waals surface area contributed by atoms with Crippen LogP contribution in [0.5, 0.6) is 0 Å². The number of halogens is 1. The standard InChI is InChI=1S/C14H22BrNOS/c1-5-16-13(14(2,3)4)10-18(17)12-8-6-7-11(15)9-12/h6-9,13,16H,5,10H2,1-4H3. The second-order valence-electron chi connectivity index (χ2n) is 5.45. The Kier molecular flexibility index (Phi) is 6.02. The molecular weight excluding hydrogens is 310 g/mol. The predicted octanol–water partition coefficient (Wildman–Crippen LogP) is 3.58. The Labute approximate surface area is 121 Å². The minimum Gasteiger partial charge on any atom is -0.313 e. The molecule has 1 aromatic rings. The molecule has 0 fully saturated rings. The van der Waals surface area contributed by atoms with E-state index in [0.717, 1.165) is 15.9 Å². The van der Waals surface area contributed by atoms with Gasteiger partial charge in [-0.25, -0.2) is 0 Å². The van der Waals surface area contributed by atoms with Crippen molar-refractivity contribution in [3.63, 3.8) is 0 Å². The van der Waals surface area contributed by atoms with Crippen molar-refractivity contribution in [1.82, 2.24) is 5.32 Å². The van der Waals surface area contributed by atoms with Gasteiger partial charge in [-0.2, -0.15) is 0 Å². The molecule has 2 unspecified atom stereocenters. The van der Waals surface area contributed by atoms with Crippen molar-refractivity contribution >= 4 is 26.7 Å². The quantitative estimate of drug-likeness (QED) is 0.893. The Hall–Kier alpha value is -0.190. The van der Waals surface area contributed by atoms with Gasteiger partial charge in [-0.3, -0.25) is 4.21 Å². The van der Waals surface area contributed by atoms with Gasteiger partial charge in [-0.05, 0) is 30.2 Å². The highest BCUT2D eigenvalue weighted by Gasteiger charge is 2.25. The smallest absolute Gasteiger partial charge is 0.0545 e. The third kappa shape index (κ3) is 4.82. The summed E-state index contributed by atoms with van der Waals surface area (Å²) in [6, 6.07) is 7.99. The summed E-state index contributed by atoms with van der Waals surface area (Å²) < 4.78 is 13.4. The maximum atomic E-state index is 12.4. The molecule has 102 valence electrons. The van der Waals surface area contributed by atoms with Crippen LogP contribution in [-0.4, -0.2) is 22.5 Å². The lowest BCUT2D eigenvalue weighted by molar-refractivity contribution is 0.294. The lowest BCUT2D eigenvalue weighted by Gasteiger charge is -2.31. The van der Waals surface area contributed by atoms with Crippen LogP contribution in [0.15, 0.2) is 33.6 Å². The van der Waals surface area contributed by atoms with E-state index >= 15 is 0 Å². The zero-order chi connectivity index (χ0) is 13.8. The van der Waals surface area contributed by atoms with E-state index in [1.165, 1.54) is 0 Å². The van der Waals surface area contributed by atoms with Gasteiger partial charge in [-0.15, -0.1) is 0 Å². The highest BCUT2D eigenvalue weighted by molar-refractivity contribution is 9.10. The molecule has 0 bridgehead atoms. The maximum Gasteiger partial charge on any atom is 0.0545 e. The van der Waals surface area contributed by atoms with Crippen LogP contribution in [0.3, 0.4) is 0 Å². The molecule has 0 aromatic heterocycles. The van der Waals surface area contributed by atoms with E-state index in [2.05, 4.69) is 48.9 Å². The molecule has 0 aliphatic rings. The minimum atomic E-state index is -0.964. The van der Waals surface area contributed by atoms with Crippen LogP contribution in [0.2, 0.25) is 0 Å². The van der Waals surface area contributed by atoms with E-state index in [9.17, 15) is 4.21 Å². The Bertz CT molecular complexity index is 415. The highest BCUT2D eigenvalue weighted by atomic mass is 79.9. The Balaban J connectivity index is 2.79. The SMILES string of the molecule is CCNC(CS(=O)c1cccc(Br)c1)C(C)(C)C. The fourth-order valence-corrected chi connectivity index (χ4v) is 3.87. The molecule has 0 heterocycles. The van der Waals surface area contributed by atoms with Gasteiger partial charge >= 0.3 is 0 Å². The first-order valence-corrected chi connectivity index (χ1v) is 8.33. The largest absolute Gasteiger partial charge is 0.313 e. The number of rotatable bonds is 5. The molecule has 1 rings (SSSR count). The van der Waals surface area contributed by atoms with E-state index in [1.807, 2.05) is 24.3 Å². The Morgan fingerprint density at radius 3 is 2.56 bits per heavy atom. The minimum absolute atomic E-state index is 0.109. The van der Waals surface area contributed by atoms with Gasteiger partial charge in [0.05, 0.1) is 10.8 Å². The summed E-state index contributed by atoms with van der Waals surface area (Å²) in [5.41, 5.74) is 0.109. The molecule has 0 aliphatic heterocycles. The van der Waals surface area contributed by atoms with Gasteiger partial charge in [0.15, 0.2) is 0 Å². The fourth-order valence-electron chi connectivity index (χ4n) is 1.72. The molecule has 1 N–H and O–H groups in total. The van der Waals surface area contributed by atoms with Gasteiger partial charge in [0.25, 0.3) is 0 Å². The Morgan fingerprint density at radius 1 is 1.39 bits per heavy atom. The van der Waals surface area contributed by atoms with Crippen molar-refractivity contribution < 1.29 is 4.21 Å². The summed E-state index contributed by atoms with van der Waals surface area (Å²) in [5.74, 6) is 0.647. The number of hydrogen-bond donors (Lipinski definition) is 1. The molecule has 0 spiro atoms. The third-order valence-corrected chi connectivity index (χ3v) is 4.78. The molecule has 0 saturated carbocycles. The van der Waals surface area contributed by atoms with Crippen LogP contribution in [-0.2, 0) is 10.8 Å². The predicted molar refractivity (Wildman–Crippen MR) is 82.3 cm³/mol. The average molecular weight is 332 g/mol. The van der Waals surface area contributed by atoms with Crippen molar-refractivity contribution in [3.05, 3.63) is 28.7 Å². The normalized spacial score (nSPS) is 15.4. The summed E-state index contributed by atoms with van der Waals surface area (Å²) in [7, 11) is -0.964. The summed E-state index contributed by atoms with van der Waals surface area (Å²) in [4.78, 5) is 0.886. The summed E-state index contributed by atoms with van der Waals surface area (Å²) in [5, 5.41) is 3.43. The van der Waals surface area contributed by atoms with Crippen LogP contribution in [0.4, 0.5) is 0 Å². The molecule has 0 saturated heterocycles. The molecule has 0 radical (unpaired) electrons. The van der Waals surface area contributed by atoms with Crippen molar-refractivity contribution in [2.45, 2.75) is 38.6 Å². The van der Waals surface area contributed by atoms with Gasteiger partial charge in [-0.1, -0.05) is 49.7 Å². The zero-order valence-corrected chi connectivity index (χ0v) is 13.9. The lowest BCUT2D eigenvalue weighted by Crippen LogP contribution is -2.44. The van der Waals surface area contributed by atoms with Crippen molar-refractivity contribution in [3.8, 4) is 0 Å². The van der Waals surface area contributed by atoms with E-state index < -0.39 is 10.8 Å². The van der Waals surface area contributed by atoms with Crippen LogP contribution in [0.25, 0.3) is 0 Å². The van der Waals surface area contributed by atoms with Gasteiger partial charge in [0.2, 0.25) is 0 Å². The molecule has 2 nitrogen and oxygen atoms in total. The molecule has 0 aliphatic carbocycles. The number of nitrogens with one attached hydrogen (secondary N) is 1. The average Bonchev–Trinajstić information content (AvgIpc) is 2.27. The van der Waals surface area contributed by atoms with Crippen LogP contribution < -0.4 is 5.32 Å². The monoisotopic (exact) mass is 331 g/mol. The molecule has 2 atom stereocenters. The second-order valence-corrected chi connectivity index (χ2v) is 7.86. The van der Waals surface area contributed by atoms with Crippen LogP contribution in [0, 0.1) is 5.41 Å². The van der Waals surface area contributed by atoms with Crippen molar-refractivity contribution in [2.75, 3.05) is 12.3 Å².